The number of hydrogen-bond donors (Lipinski definition) is 1. The molecule has 0 bridgehead atoms. The van der Waals surface area contributed by atoms with E-state index in [1.54, 1.807) is 0 Å². The van der Waals surface area contributed by atoms with Crippen molar-refractivity contribution >= 4 is 11.8 Å². The highest BCUT2D eigenvalue weighted by Gasteiger charge is 2.64. The Morgan fingerprint density at radius 1 is 1.27 bits per heavy atom. The van der Waals surface area contributed by atoms with Crippen LogP contribution < -0.4 is 5.32 Å². The van der Waals surface area contributed by atoms with Crippen LogP contribution in [0.15, 0.2) is 0 Å². The van der Waals surface area contributed by atoms with Crippen molar-refractivity contribution in [3.05, 3.63) is 0 Å². The molecule has 0 aromatic rings. The van der Waals surface area contributed by atoms with Crippen LogP contribution in [0.5, 0.6) is 0 Å². The number of rotatable bonds is 0. The quantitative estimate of drug-likeness (QED) is 0.583. The third-order valence-corrected chi connectivity index (χ3v) is 4.77. The van der Waals surface area contributed by atoms with Gasteiger partial charge in [0, 0.05) is 24.3 Å². The summed E-state index contributed by atoms with van der Waals surface area (Å²) >= 11 is 2.04. The van der Waals surface area contributed by atoms with E-state index in [1.165, 1.54) is 25.1 Å². The third-order valence-electron chi connectivity index (χ3n) is 3.24. The molecule has 0 aromatic carbocycles. The number of ether oxygens (including phenoxy) is 1. The van der Waals surface area contributed by atoms with Crippen molar-refractivity contribution in [1.82, 2.24) is 5.32 Å². The zero-order chi connectivity index (χ0) is 7.36. The first-order valence-corrected chi connectivity index (χ1v) is 5.34. The van der Waals surface area contributed by atoms with Crippen molar-refractivity contribution in [1.29, 1.82) is 0 Å². The van der Waals surface area contributed by atoms with Crippen LogP contribution in [0.25, 0.3) is 0 Å². The van der Waals surface area contributed by atoms with E-state index in [0.29, 0.717) is 5.41 Å². The highest BCUT2D eigenvalue weighted by atomic mass is 32.2. The summed E-state index contributed by atoms with van der Waals surface area (Å²) < 4.78 is 5.88. The summed E-state index contributed by atoms with van der Waals surface area (Å²) in [6.07, 6.45) is 2.76. The lowest BCUT2D eigenvalue weighted by Crippen LogP contribution is -2.35. The molecule has 3 aliphatic rings. The van der Waals surface area contributed by atoms with Gasteiger partial charge in [-0.3, -0.25) is 0 Å². The molecule has 3 heteroatoms. The average Bonchev–Trinajstić information content (AvgIpc) is 2.55. The van der Waals surface area contributed by atoms with Crippen molar-refractivity contribution in [2.45, 2.75) is 17.8 Å². The van der Waals surface area contributed by atoms with E-state index in [9.17, 15) is 0 Å². The molecule has 1 aliphatic carbocycles. The van der Waals surface area contributed by atoms with E-state index in [2.05, 4.69) is 5.32 Å². The summed E-state index contributed by atoms with van der Waals surface area (Å²) in [5, 5.41) is 3.46. The summed E-state index contributed by atoms with van der Waals surface area (Å²) in [7, 11) is 0. The van der Waals surface area contributed by atoms with Crippen molar-refractivity contribution < 1.29 is 4.74 Å². The number of fused-ring (bicyclic) bond motifs is 1. The van der Waals surface area contributed by atoms with Crippen molar-refractivity contribution in [3.8, 4) is 0 Å². The Hall–Kier alpha value is 0.270. The molecular weight excluding hydrogens is 158 g/mol. The highest BCUT2D eigenvalue weighted by Crippen LogP contribution is 2.63. The topological polar surface area (TPSA) is 21.3 Å². The molecule has 3 rings (SSSR count). The Kier molecular flexibility index (Phi) is 1.20. The maximum absolute atomic E-state index is 5.88. The minimum Gasteiger partial charge on any atom is -0.361 e. The molecule has 1 saturated carbocycles. The van der Waals surface area contributed by atoms with Crippen LogP contribution in [-0.2, 0) is 4.74 Å². The minimum absolute atomic E-state index is 0.201. The first-order chi connectivity index (χ1) is 5.37. The molecule has 62 valence electrons. The summed E-state index contributed by atoms with van der Waals surface area (Å²) in [5.41, 5.74) is 0.550. The average molecular weight is 171 g/mol. The maximum Gasteiger partial charge on any atom is 0.133 e. The monoisotopic (exact) mass is 171 g/mol. The second kappa shape index (κ2) is 1.95. The molecule has 3 fully saturated rings. The van der Waals surface area contributed by atoms with E-state index in [4.69, 9.17) is 4.74 Å². The predicted molar refractivity (Wildman–Crippen MR) is 45.7 cm³/mol. The van der Waals surface area contributed by atoms with Crippen LogP contribution in [0.1, 0.15) is 12.8 Å². The molecule has 11 heavy (non-hydrogen) atoms. The largest absolute Gasteiger partial charge is 0.361 e. The molecule has 2 aliphatic heterocycles. The lowest BCUT2D eigenvalue weighted by Gasteiger charge is -2.27. The Morgan fingerprint density at radius 3 is 2.82 bits per heavy atom. The van der Waals surface area contributed by atoms with Gasteiger partial charge in [0.15, 0.2) is 0 Å². The smallest absolute Gasteiger partial charge is 0.133 e. The van der Waals surface area contributed by atoms with Crippen molar-refractivity contribution in [3.63, 3.8) is 0 Å². The van der Waals surface area contributed by atoms with Crippen LogP contribution in [0.4, 0.5) is 0 Å². The van der Waals surface area contributed by atoms with E-state index < -0.39 is 0 Å². The third kappa shape index (κ3) is 0.718. The van der Waals surface area contributed by atoms with Crippen LogP contribution in [0.3, 0.4) is 0 Å². The van der Waals surface area contributed by atoms with Gasteiger partial charge in [-0.2, -0.15) is 0 Å². The second-order valence-electron chi connectivity index (χ2n) is 3.83. The molecule has 1 N–H and O–H groups in total. The summed E-state index contributed by atoms with van der Waals surface area (Å²) in [4.78, 5) is 0.201. The van der Waals surface area contributed by atoms with Gasteiger partial charge in [0.25, 0.3) is 0 Å². The summed E-state index contributed by atoms with van der Waals surface area (Å²) in [5.74, 6) is 1.20. The lowest BCUT2D eigenvalue weighted by atomic mass is 10.0. The van der Waals surface area contributed by atoms with Gasteiger partial charge in [0.2, 0.25) is 0 Å². The van der Waals surface area contributed by atoms with Gasteiger partial charge in [0.05, 0.1) is 6.61 Å². The van der Waals surface area contributed by atoms with Crippen LogP contribution in [0, 0.1) is 5.41 Å². The molecule has 0 radical (unpaired) electrons. The van der Waals surface area contributed by atoms with E-state index in [1.807, 2.05) is 11.8 Å². The number of nitrogens with one attached hydrogen (secondary N) is 1. The Bertz CT molecular complexity index is 179. The van der Waals surface area contributed by atoms with E-state index in [0.717, 1.165) is 13.2 Å². The van der Waals surface area contributed by atoms with Gasteiger partial charge in [0.1, 0.15) is 4.93 Å². The Morgan fingerprint density at radius 2 is 2.18 bits per heavy atom. The summed E-state index contributed by atoms with van der Waals surface area (Å²) in [6.45, 7) is 3.24. The first kappa shape index (κ1) is 6.75. The standard InChI is InChI=1S/C8H13NOS/c1-2-7(1)5-9-6-8(7)10-3-4-11-8/h9H,1-6H2. The van der Waals surface area contributed by atoms with Crippen molar-refractivity contribution in [2.75, 3.05) is 25.4 Å². The van der Waals surface area contributed by atoms with Crippen LogP contribution >= 0.6 is 11.8 Å². The Balaban J connectivity index is 1.94. The zero-order valence-corrected chi connectivity index (χ0v) is 7.38. The fourth-order valence-corrected chi connectivity index (χ4v) is 3.81. The number of hydrogen-bond acceptors (Lipinski definition) is 3. The maximum atomic E-state index is 5.88. The van der Waals surface area contributed by atoms with Crippen LogP contribution in [-0.4, -0.2) is 30.4 Å². The molecule has 2 spiro atoms. The fourth-order valence-electron chi connectivity index (χ4n) is 2.36. The molecule has 0 aromatic heterocycles. The molecule has 2 heterocycles. The summed E-state index contributed by atoms with van der Waals surface area (Å²) in [6, 6.07) is 0. The number of thioether (sulfide) groups is 1. The van der Waals surface area contributed by atoms with E-state index in [-0.39, 0.29) is 4.93 Å². The van der Waals surface area contributed by atoms with Gasteiger partial charge in [-0.05, 0) is 12.8 Å². The SMILES string of the molecule is C1CSC2(CNCC23CC3)O1. The van der Waals surface area contributed by atoms with E-state index >= 15 is 0 Å². The first-order valence-electron chi connectivity index (χ1n) is 4.36. The molecule has 1 atom stereocenters. The second-order valence-corrected chi connectivity index (χ2v) is 5.19. The molecular formula is C8H13NOS. The van der Waals surface area contributed by atoms with Crippen molar-refractivity contribution in [2.24, 2.45) is 5.41 Å². The highest BCUT2D eigenvalue weighted by molar-refractivity contribution is 8.00. The van der Waals surface area contributed by atoms with Gasteiger partial charge in [-0.1, -0.05) is 0 Å². The van der Waals surface area contributed by atoms with Crippen LogP contribution in [0.2, 0.25) is 0 Å². The minimum atomic E-state index is 0.201. The van der Waals surface area contributed by atoms with Gasteiger partial charge < -0.3 is 10.1 Å². The predicted octanol–water partition coefficient (Wildman–Crippen LogP) is 0.829. The van der Waals surface area contributed by atoms with Gasteiger partial charge >= 0.3 is 0 Å². The molecule has 2 saturated heterocycles. The normalized spacial score (nSPS) is 45.8. The molecule has 2 nitrogen and oxygen atoms in total. The zero-order valence-electron chi connectivity index (χ0n) is 6.56. The van der Waals surface area contributed by atoms with Gasteiger partial charge in [-0.15, -0.1) is 11.8 Å². The molecule has 1 unspecified atom stereocenters. The van der Waals surface area contributed by atoms with Gasteiger partial charge in [-0.25, -0.2) is 0 Å². The fraction of sp³-hybridized carbons (Fsp3) is 1.00. The lowest BCUT2D eigenvalue weighted by molar-refractivity contribution is 0.0250. The molecule has 0 amide bonds. The Labute approximate surface area is 71.1 Å².